The topological polar surface area (TPSA) is 35.2 Å². The average Bonchev–Trinajstić information content (AvgIpc) is 2.69. The average molecular weight is 282 g/mol. The number of nitrogens with two attached hydrogens (primary N) is 1. The highest BCUT2D eigenvalue weighted by atomic mass is 35.5. The molecule has 1 aromatic heterocycles. The molecule has 96 valence electrons. The van der Waals surface area contributed by atoms with Gasteiger partial charge in [0.15, 0.2) is 0 Å². The molecule has 0 aliphatic heterocycles. The van der Waals surface area contributed by atoms with Crippen molar-refractivity contribution in [3.05, 3.63) is 50.2 Å². The first-order valence-corrected chi connectivity index (χ1v) is 6.97. The SMILES string of the molecule is Cc1ccc(OCc2cc(CN)sc2C)c(Cl)c1. The number of halogens is 1. The molecule has 4 heteroatoms. The second kappa shape index (κ2) is 5.74. The molecule has 1 aromatic carbocycles. The highest BCUT2D eigenvalue weighted by Gasteiger charge is 2.07. The van der Waals surface area contributed by atoms with Crippen molar-refractivity contribution in [1.29, 1.82) is 0 Å². The van der Waals surface area contributed by atoms with Gasteiger partial charge in [-0.25, -0.2) is 0 Å². The fraction of sp³-hybridized carbons (Fsp3) is 0.286. The Balaban J connectivity index is 2.08. The third kappa shape index (κ3) is 3.05. The van der Waals surface area contributed by atoms with Gasteiger partial charge in [-0.3, -0.25) is 0 Å². The maximum absolute atomic E-state index is 6.13. The maximum atomic E-state index is 6.13. The highest BCUT2D eigenvalue weighted by molar-refractivity contribution is 7.12. The minimum absolute atomic E-state index is 0.533. The summed E-state index contributed by atoms with van der Waals surface area (Å²) in [5, 5.41) is 0.655. The van der Waals surface area contributed by atoms with Crippen molar-refractivity contribution in [1.82, 2.24) is 0 Å². The number of hydrogen-bond acceptors (Lipinski definition) is 3. The molecular formula is C14H16ClNOS. The van der Waals surface area contributed by atoms with Crippen LogP contribution in [0.15, 0.2) is 24.3 Å². The lowest BCUT2D eigenvalue weighted by Crippen LogP contribution is -1.96. The van der Waals surface area contributed by atoms with E-state index in [1.807, 2.05) is 25.1 Å². The molecule has 0 saturated carbocycles. The van der Waals surface area contributed by atoms with Gasteiger partial charge in [-0.1, -0.05) is 17.7 Å². The van der Waals surface area contributed by atoms with Crippen molar-refractivity contribution in [3.63, 3.8) is 0 Å². The number of aryl methyl sites for hydroxylation is 2. The summed E-state index contributed by atoms with van der Waals surface area (Å²) in [5.74, 6) is 0.724. The molecule has 0 bridgehead atoms. The van der Waals surface area contributed by atoms with Gasteiger partial charge in [-0.05, 0) is 37.6 Å². The molecule has 0 aliphatic carbocycles. The van der Waals surface area contributed by atoms with Gasteiger partial charge < -0.3 is 10.5 Å². The Hall–Kier alpha value is -1.03. The van der Waals surface area contributed by atoms with Crippen molar-refractivity contribution in [2.45, 2.75) is 27.0 Å². The molecule has 18 heavy (non-hydrogen) atoms. The number of rotatable bonds is 4. The van der Waals surface area contributed by atoms with Crippen LogP contribution in [-0.4, -0.2) is 0 Å². The zero-order chi connectivity index (χ0) is 13.1. The standard InChI is InChI=1S/C14H16ClNOS/c1-9-3-4-14(13(15)5-9)17-8-11-6-12(7-16)18-10(11)2/h3-6H,7-8,16H2,1-2H3. The van der Waals surface area contributed by atoms with E-state index in [0.29, 0.717) is 18.2 Å². The molecular weight excluding hydrogens is 266 g/mol. The Morgan fingerprint density at radius 1 is 1.28 bits per heavy atom. The molecule has 0 unspecified atom stereocenters. The van der Waals surface area contributed by atoms with Crippen LogP contribution in [-0.2, 0) is 13.2 Å². The summed E-state index contributed by atoms with van der Waals surface area (Å²) in [4.78, 5) is 2.43. The zero-order valence-corrected chi connectivity index (χ0v) is 12.1. The largest absolute Gasteiger partial charge is 0.487 e. The van der Waals surface area contributed by atoms with Gasteiger partial charge in [-0.2, -0.15) is 0 Å². The summed E-state index contributed by atoms with van der Waals surface area (Å²) in [6.07, 6.45) is 0. The van der Waals surface area contributed by atoms with Gasteiger partial charge >= 0.3 is 0 Å². The Kier molecular flexibility index (Phi) is 4.27. The normalized spacial score (nSPS) is 10.7. The van der Waals surface area contributed by atoms with Crippen molar-refractivity contribution in [2.24, 2.45) is 5.73 Å². The molecule has 0 amide bonds. The van der Waals surface area contributed by atoms with E-state index < -0.39 is 0 Å². The lowest BCUT2D eigenvalue weighted by atomic mass is 10.2. The number of thiophene rings is 1. The molecule has 0 fully saturated rings. The Morgan fingerprint density at radius 3 is 2.67 bits per heavy atom. The van der Waals surface area contributed by atoms with Crippen LogP contribution in [0, 0.1) is 13.8 Å². The van der Waals surface area contributed by atoms with Crippen LogP contribution in [0.3, 0.4) is 0 Å². The predicted molar refractivity (Wildman–Crippen MR) is 77.5 cm³/mol. The first-order valence-electron chi connectivity index (χ1n) is 5.77. The van der Waals surface area contributed by atoms with Crippen molar-refractivity contribution in [2.75, 3.05) is 0 Å². The lowest BCUT2D eigenvalue weighted by molar-refractivity contribution is 0.306. The van der Waals surface area contributed by atoms with E-state index >= 15 is 0 Å². The van der Waals surface area contributed by atoms with E-state index in [1.54, 1.807) is 11.3 Å². The minimum atomic E-state index is 0.533. The highest BCUT2D eigenvalue weighted by Crippen LogP contribution is 2.28. The van der Waals surface area contributed by atoms with E-state index in [4.69, 9.17) is 22.1 Å². The second-order valence-electron chi connectivity index (χ2n) is 4.22. The molecule has 0 radical (unpaired) electrons. The fourth-order valence-electron chi connectivity index (χ4n) is 1.71. The first-order chi connectivity index (χ1) is 8.60. The molecule has 0 atom stereocenters. The Morgan fingerprint density at radius 2 is 2.06 bits per heavy atom. The lowest BCUT2D eigenvalue weighted by Gasteiger charge is -2.08. The summed E-state index contributed by atoms with van der Waals surface area (Å²) in [6.45, 7) is 5.20. The molecule has 0 aliphatic rings. The van der Waals surface area contributed by atoms with E-state index in [2.05, 4.69) is 13.0 Å². The summed E-state index contributed by atoms with van der Waals surface area (Å²) in [7, 11) is 0. The van der Waals surface area contributed by atoms with E-state index in [-0.39, 0.29) is 0 Å². The van der Waals surface area contributed by atoms with Crippen LogP contribution >= 0.6 is 22.9 Å². The van der Waals surface area contributed by atoms with Crippen LogP contribution in [0.5, 0.6) is 5.75 Å². The number of benzene rings is 1. The monoisotopic (exact) mass is 281 g/mol. The molecule has 1 heterocycles. The smallest absolute Gasteiger partial charge is 0.138 e. The van der Waals surface area contributed by atoms with Crippen molar-refractivity contribution < 1.29 is 4.74 Å². The summed E-state index contributed by atoms with van der Waals surface area (Å²) in [6, 6.07) is 7.90. The quantitative estimate of drug-likeness (QED) is 0.917. The van der Waals surface area contributed by atoms with E-state index in [0.717, 1.165) is 11.3 Å². The minimum Gasteiger partial charge on any atom is -0.487 e. The third-order valence-corrected chi connectivity index (χ3v) is 4.15. The number of ether oxygens (including phenoxy) is 1. The molecule has 0 saturated heterocycles. The molecule has 2 nitrogen and oxygen atoms in total. The summed E-state index contributed by atoms with van der Waals surface area (Å²) in [5.41, 5.74) is 7.94. The van der Waals surface area contributed by atoms with Gasteiger partial charge in [0.1, 0.15) is 12.4 Å². The molecule has 2 aromatic rings. The second-order valence-corrected chi connectivity index (χ2v) is 5.97. The van der Waals surface area contributed by atoms with Gasteiger partial charge in [0, 0.05) is 21.9 Å². The van der Waals surface area contributed by atoms with Crippen molar-refractivity contribution in [3.8, 4) is 5.75 Å². The van der Waals surface area contributed by atoms with E-state index in [1.165, 1.54) is 15.3 Å². The van der Waals surface area contributed by atoms with Crippen molar-refractivity contribution >= 4 is 22.9 Å². The van der Waals surface area contributed by atoms with Crippen LogP contribution in [0.2, 0.25) is 5.02 Å². The predicted octanol–water partition coefficient (Wildman–Crippen LogP) is 4.06. The van der Waals surface area contributed by atoms with Gasteiger partial charge in [0.05, 0.1) is 5.02 Å². The molecule has 2 rings (SSSR count). The van der Waals surface area contributed by atoms with Gasteiger partial charge in [0.2, 0.25) is 0 Å². The van der Waals surface area contributed by atoms with Crippen LogP contribution in [0.1, 0.15) is 20.9 Å². The Labute approximate surface area is 116 Å². The summed E-state index contributed by atoms with van der Waals surface area (Å²) < 4.78 is 5.75. The maximum Gasteiger partial charge on any atom is 0.138 e. The Bertz CT molecular complexity index is 551. The van der Waals surface area contributed by atoms with Crippen LogP contribution in [0.25, 0.3) is 0 Å². The third-order valence-electron chi connectivity index (χ3n) is 2.74. The first kappa shape index (κ1) is 13.4. The molecule has 0 spiro atoms. The van der Waals surface area contributed by atoms with Crippen LogP contribution < -0.4 is 10.5 Å². The molecule has 2 N–H and O–H groups in total. The number of hydrogen-bond donors (Lipinski definition) is 1. The van der Waals surface area contributed by atoms with Gasteiger partial charge in [-0.15, -0.1) is 11.3 Å². The van der Waals surface area contributed by atoms with Gasteiger partial charge in [0.25, 0.3) is 0 Å². The zero-order valence-electron chi connectivity index (χ0n) is 10.5. The fourth-order valence-corrected chi connectivity index (χ4v) is 2.93. The van der Waals surface area contributed by atoms with Crippen LogP contribution in [0.4, 0.5) is 0 Å². The van der Waals surface area contributed by atoms with E-state index in [9.17, 15) is 0 Å². The summed E-state index contributed by atoms with van der Waals surface area (Å²) >= 11 is 7.84.